The van der Waals surface area contributed by atoms with Gasteiger partial charge in [0, 0.05) is 0 Å². The molecule has 0 aliphatic rings. The van der Waals surface area contributed by atoms with Crippen LogP contribution in [0, 0.1) is 0 Å². The molecule has 0 saturated carbocycles. The van der Waals surface area contributed by atoms with Gasteiger partial charge in [-0.1, -0.05) is 6.07 Å². The van der Waals surface area contributed by atoms with E-state index in [9.17, 15) is 9.50 Å². The normalized spacial score (nSPS) is 12.5. The van der Waals surface area contributed by atoms with E-state index >= 15 is 0 Å². The fourth-order valence-corrected chi connectivity index (χ4v) is 1.03. The molecule has 3 nitrogen and oxygen atoms in total. The Balaban J connectivity index is 2.95. The predicted molar refractivity (Wildman–Crippen MR) is 47.6 cm³/mol. The summed E-state index contributed by atoms with van der Waals surface area (Å²) >= 11 is 0. The molecule has 0 radical (unpaired) electrons. The van der Waals surface area contributed by atoms with Gasteiger partial charge in [0.25, 0.3) is 0 Å². The van der Waals surface area contributed by atoms with Gasteiger partial charge in [-0.3, -0.25) is 0 Å². The second kappa shape index (κ2) is 4.09. The van der Waals surface area contributed by atoms with Crippen molar-refractivity contribution in [1.29, 1.82) is 0 Å². The van der Waals surface area contributed by atoms with Crippen LogP contribution < -0.4 is 10.5 Å². The Morgan fingerprint density at radius 2 is 2.31 bits per heavy atom. The molecule has 0 bridgehead atoms. The summed E-state index contributed by atoms with van der Waals surface area (Å²) in [5, 5.41) is 9.33. The van der Waals surface area contributed by atoms with Gasteiger partial charge in [-0.2, -0.15) is 0 Å². The molecular weight excluding hydrogens is 173 g/mol. The molecule has 0 aliphatic heterocycles. The fraction of sp³-hybridized carbons (Fsp3) is 0.333. The minimum atomic E-state index is -0.684. The third-order valence-electron chi connectivity index (χ3n) is 1.80. The molecule has 0 heterocycles. The third-order valence-corrected chi connectivity index (χ3v) is 1.80. The molecule has 0 amide bonds. The maximum absolute atomic E-state index is 12.1. The van der Waals surface area contributed by atoms with E-state index in [4.69, 9.17) is 10.5 Å². The lowest BCUT2D eigenvalue weighted by atomic mass is 10.1. The number of ether oxygens (including phenoxy) is 1. The Morgan fingerprint density at radius 1 is 1.62 bits per heavy atom. The second-order valence-electron chi connectivity index (χ2n) is 2.69. The summed E-state index contributed by atoms with van der Waals surface area (Å²) in [5.74, 6) is 0.332. The molecule has 0 fully saturated rings. The minimum absolute atomic E-state index is 0.0242. The average Bonchev–Trinajstić information content (AvgIpc) is 2.16. The first-order valence-corrected chi connectivity index (χ1v) is 3.87. The van der Waals surface area contributed by atoms with Gasteiger partial charge in [-0.15, -0.1) is 0 Å². The molecule has 0 spiro atoms. The Bertz CT molecular complexity index is 291. The van der Waals surface area contributed by atoms with Crippen molar-refractivity contribution < 1.29 is 14.2 Å². The Hall–Kier alpha value is -1.29. The molecule has 13 heavy (non-hydrogen) atoms. The molecule has 0 saturated heterocycles. The van der Waals surface area contributed by atoms with Crippen molar-refractivity contribution in [3.8, 4) is 11.5 Å². The van der Waals surface area contributed by atoms with Crippen LogP contribution in [-0.2, 0) is 0 Å². The van der Waals surface area contributed by atoms with E-state index < -0.39 is 12.7 Å². The standard InChI is InChI=1S/C9H12FNO2/c1-13-9-3-2-6(4-8(9)12)7(11)5-10/h2-4,7,12H,5,11H2,1H3. The lowest BCUT2D eigenvalue weighted by Crippen LogP contribution is -2.11. The third kappa shape index (κ3) is 2.09. The average molecular weight is 185 g/mol. The number of hydrogen-bond donors (Lipinski definition) is 2. The van der Waals surface area contributed by atoms with Crippen LogP contribution in [0.3, 0.4) is 0 Å². The highest BCUT2D eigenvalue weighted by atomic mass is 19.1. The lowest BCUT2D eigenvalue weighted by Gasteiger charge is -2.09. The highest BCUT2D eigenvalue weighted by Gasteiger charge is 2.08. The highest BCUT2D eigenvalue weighted by Crippen LogP contribution is 2.28. The van der Waals surface area contributed by atoms with E-state index in [1.165, 1.54) is 13.2 Å². The largest absolute Gasteiger partial charge is 0.504 e. The van der Waals surface area contributed by atoms with Gasteiger partial charge < -0.3 is 15.6 Å². The number of phenols is 1. The van der Waals surface area contributed by atoms with Gasteiger partial charge in [-0.05, 0) is 17.7 Å². The van der Waals surface area contributed by atoms with Crippen LogP contribution in [0.1, 0.15) is 11.6 Å². The van der Waals surface area contributed by atoms with E-state index in [1.807, 2.05) is 0 Å². The topological polar surface area (TPSA) is 55.5 Å². The summed E-state index contributed by atoms with van der Waals surface area (Å²) in [5.41, 5.74) is 5.98. The van der Waals surface area contributed by atoms with Crippen molar-refractivity contribution in [2.24, 2.45) is 5.73 Å². The number of benzene rings is 1. The molecule has 1 aromatic rings. The van der Waals surface area contributed by atoms with Crippen LogP contribution in [0.5, 0.6) is 11.5 Å². The van der Waals surface area contributed by atoms with Crippen LogP contribution in [-0.4, -0.2) is 18.9 Å². The second-order valence-corrected chi connectivity index (χ2v) is 2.69. The van der Waals surface area contributed by atoms with Gasteiger partial charge >= 0.3 is 0 Å². The smallest absolute Gasteiger partial charge is 0.160 e. The summed E-state index contributed by atoms with van der Waals surface area (Å²) in [6, 6.07) is 3.91. The number of aromatic hydroxyl groups is 1. The molecule has 1 aromatic carbocycles. The van der Waals surface area contributed by atoms with Crippen LogP contribution in [0.2, 0.25) is 0 Å². The lowest BCUT2D eigenvalue weighted by molar-refractivity contribution is 0.371. The van der Waals surface area contributed by atoms with Gasteiger partial charge in [0.2, 0.25) is 0 Å². The Kier molecular flexibility index (Phi) is 3.08. The molecule has 72 valence electrons. The summed E-state index contributed by atoms with van der Waals surface area (Å²) in [6.07, 6.45) is 0. The number of hydrogen-bond acceptors (Lipinski definition) is 3. The first-order chi connectivity index (χ1) is 6.19. The van der Waals surface area contributed by atoms with E-state index in [0.29, 0.717) is 11.3 Å². The number of rotatable bonds is 3. The van der Waals surface area contributed by atoms with Gasteiger partial charge in [0.15, 0.2) is 11.5 Å². The zero-order valence-electron chi connectivity index (χ0n) is 7.33. The van der Waals surface area contributed by atoms with Crippen LogP contribution in [0.15, 0.2) is 18.2 Å². The van der Waals surface area contributed by atoms with Crippen molar-refractivity contribution >= 4 is 0 Å². The molecule has 1 rings (SSSR count). The molecule has 0 aliphatic carbocycles. The van der Waals surface area contributed by atoms with Crippen molar-refractivity contribution in [3.63, 3.8) is 0 Å². The molecule has 4 heteroatoms. The van der Waals surface area contributed by atoms with Crippen molar-refractivity contribution in [2.75, 3.05) is 13.8 Å². The zero-order valence-corrected chi connectivity index (χ0v) is 7.33. The van der Waals surface area contributed by atoms with Crippen LogP contribution in [0.4, 0.5) is 4.39 Å². The molecular formula is C9H12FNO2. The quantitative estimate of drug-likeness (QED) is 0.747. The summed E-state index contributed by atoms with van der Waals surface area (Å²) < 4.78 is 17.0. The van der Waals surface area contributed by atoms with Crippen LogP contribution in [0.25, 0.3) is 0 Å². The molecule has 1 unspecified atom stereocenters. The fourth-order valence-electron chi connectivity index (χ4n) is 1.03. The monoisotopic (exact) mass is 185 g/mol. The highest BCUT2D eigenvalue weighted by molar-refractivity contribution is 5.42. The number of alkyl halides is 1. The van der Waals surface area contributed by atoms with E-state index in [2.05, 4.69) is 0 Å². The predicted octanol–water partition coefficient (Wildman–Crippen LogP) is 1.37. The molecule has 1 atom stereocenters. The molecule has 0 aromatic heterocycles. The van der Waals surface area contributed by atoms with Gasteiger partial charge in [0.1, 0.15) is 6.67 Å². The zero-order chi connectivity index (χ0) is 9.84. The van der Waals surface area contributed by atoms with E-state index in [0.717, 1.165) is 0 Å². The number of phenolic OH excluding ortho intramolecular Hbond substituents is 1. The van der Waals surface area contributed by atoms with Gasteiger partial charge in [0.05, 0.1) is 13.2 Å². The maximum atomic E-state index is 12.1. The number of halogens is 1. The van der Waals surface area contributed by atoms with Gasteiger partial charge in [-0.25, -0.2) is 4.39 Å². The summed E-state index contributed by atoms with van der Waals surface area (Å²) in [6.45, 7) is -0.647. The number of nitrogens with two attached hydrogens (primary N) is 1. The first kappa shape index (κ1) is 9.80. The minimum Gasteiger partial charge on any atom is -0.504 e. The van der Waals surface area contributed by atoms with E-state index in [-0.39, 0.29) is 5.75 Å². The Labute approximate surface area is 75.9 Å². The molecule has 3 N–H and O–H groups in total. The SMILES string of the molecule is COc1ccc(C(N)CF)cc1O. The Morgan fingerprint density at radius 3 is 2.77 bits per heavy atom. The first-order valence-electron chi connectivity index (χ1n) is 3.87. The van der Waals surface area contributed by atoms with Crippen LogP contribution >= 0.6 is 0 Å². The van der Waals surface area contributed by atoms with Crippen molar-refractivity contribution in [2.45, 2.75) is 6.04 Å². The maximum Gasteiger partial charge on any atom is 0.160 e. The number of methoxy groups -OCH3 is 1. The van der Waals surface area contributed by atoms with Crippen molar-refractivity contribution in [1.82, 2.24) is 0 Å². The summed E-state index contributed by atoms with van der Waals surface area (Å²) in [7, 11) is 1.45. The summed E-state index contributed by atoms with van der Waals surface area (Å²) in [4.78, 5) is 0. The van der Waals surface area contributed by atoms with E-state index in [1.54, 1.807) is 12.1 Å². The van der Waals surface area contributed by atoms with Crippen molar-refractivity contribution in [3.05, 3.63) is 23.8 Å².